The summed E-state index contributed by atoms with van der Waals surface area (Å²) in [5, 5.41) is 3.42. The number of hydrogen-bond acceptors (Lipinski definition) is 2. The van der Waals surface area contributed by atoms with E-state index in [1.807, 2.05) is 39.0 Å². The van der Waals surface area contributed by atoms with E-state index in [1.54, 1.807) is 11.0 Å². The van der Waals surface area contributed by atoms with E-state index in [2.05, 4.69) is 5.32 Å². The van der Waals surface area contributed by atoms with Crippen molar-refractivity contribution in [2.24, 2.45) is 5.92 Å². The average Bonchev–Trinajstić information content (AvgIpc) is 2.48. The van der Waals surface area contributed by atoms with Gasteiger partial charge in [0.15, 0.2) is 0 Å². The van der Waals surface area contributed by atoms with Gasteiger partial charge in [-0.3, -0.25) is 9.59 Å². The second kappa shape index (κ2) is 6.48. The molecule has 2 rings (SSSR count). The lowest BCUT2D eigenvalue weighted by Gasteiger charge is -2.38. The first kappa shape index (κ1) is 15.8. The third-order valence-electron chi connectivity index (χ3n) is 4.22. The van der Waals surface area contributed by atoms with Crippen molar-refractivity contribution in [2.45, 2.75) is 39.3 Å². The van der Waals surface area contributed by atoms with Gasteiger partial charge in [0.05, 0.1) is 6.04 Å². The largest absolute Gasteiger partial charge is 0.342 e. The third-order valence-corrected chi connectivity index (χ3v) is 4.56. The number of halogens is 1. The second-order valence-electron chi connectivity index (χ2n) is 5.59. The number of nitrogens with one attached hydrogen (secondary N) is 1. The molecule has 0 saturated carbocycles. The van der Waals surface area contributed by atoms with Crippen LogP contribution >= 0.6 is 11.6 Å². The molecule has 3 unspecified atom stereocenters. The van der Waals surface area contributed by atoms with Crippen LogP contribution in [-0.4, -0.2) is 29.3 Å². The van der Waals surface area contributed by atoms with Crippen LogP contribution in [0.2, 0.25) is 5.02 Å². The molecule has 3 atom stereocenters. The Bertz CT molecular complexity index is 547. The minimum absolute atomic E-state index is 0.0311. The van der Waals surface area contributed by atoms with Crippen LogP contribution in [0.5, 0.6) is 0 Å². The summed E-state index contributed by atoms with van der Waals surface area (Å²) in [6.45, 7) is 5.98. The van der Waals surface area contributed by atoms with Gasteiger partial charge in [-0.2, -0.15) is 0 Å². The molecule has 1 N–H and O–H groups in total. The van der Waals surface area contributed by atoms with Crippen molar-refractivity contribution in [1.29, 1.82) is 0 Å². The van der Waals surface area contributed by atoms with Gasteiger partial charge >= 0.3 is 0 Å². The molecule has 4 nitrogen and oxygen atoms in total. The van der Waals surface area contributed by atoms with Crippen LogP contribution in [0.25, 0.3) is 0 Å². The number of carbonyl (C=O) groups is 2. The SMILES string of the molecule is CCC(C)C1NC(=O)CN(C(C)c2ccccc2Cl)C1=O. The fraction of sp³-hybridized carbons (Fsp3) is 0.500. The van der Waals surface area contributed by atoms with Crippen LogP contribution in [0, 0.1) is 5.92 Å². The van der Waals surface area contributed by atoms with E-state index in [0.717, 1.165) is 12.0 Å². The van der Waals surface area contributed by atoms with Gasteiger partial charge in [-0.25, -0.2) is 0 Å². The molecule has 5 heteroatoms. The highest BCUT2D eigenvalue weighted by Gasteiger charge is 2.38. The number of amides is 2. The molecule has 1 aromatic carbocycles. The number of nitrogens with zero attached hydrogens (tertiary/aromatic N) is 1. The normalized spacial score (nSPS) is 21.9. The Morgan fingerprint density at radius 3 is 2.62 bits per heavy atom. The summed E-state index contributed by atoms with van der Waals surface area (Å²) in [6, 6.07) is 6.77. The molecular formula is C16H21ClN2O2. The lowest BCUT2D eigenvalue weighted by molar-refractivity contribution is -0.148. The lowest BCUT2D eigenvalue weighted by atomic mass is 9.94. The smallest absolute Gasteiger partial charge is 0.246 e. The van der Waals surface area contributed by atoms with E-state index in [-0.39, 0.29) is 30.3 Å². The maximum absolute atomic E-state index is 12.7. The first-order chi connectivity index (χ1) is 9.95. The van der Waals surface area contributed by atoms with E-state index in [0.29, 0.717) is 5.02 Å². The molecule has 1 aromatic rings. The van der Waals surface area contributed by atoms with E-state index in [1.165, 1.54) is 0 Å². The highest BCUT2D eigenvalue weighted by molar-refractivity contribution is 6.31. The maximum Gasteiger partial charge on any atom is 0.246 e. The fourth-order valence-electron chi connectivity index (χ4n) is 2.62. The van der Waals surface area contributed by atoms with Crippen LogP contribution in [0.1, 0.15) is 38.8 Å². The summed E-state index contributed by atoms with van der Waals surface area (Å²) in [5.74, 6) is -0.0298. The van der Waals surface area contributed by atoms with Gasteiger partial charge in [0.25, 0.3) is 0 Å². The van der Waals surface area contributed by atoms with Crippen LogP contribution in [-0.2, 0) is 9.59 Å². The molecule has 0 bridgehead atoms. The number of piperazine rings is 1. The molecule has 0 spiro atoms. The second-order valence-corrected chi connectivity index (χ2v) is 6.00. The quantitative estimate of drug-likeness (QED) is 0.930. The van der Waals surface area contributed by atoms with Gasteiger partial charge in [0, 0.05) is 5.02 Å². The molecular weight excluding hydrogens is 288 g/mol. The third kappa shape index (κ3) is 3.21. The number of benzene rings is 1. The highest BCUT2D eigenvalue weighted by Crippen LogP contribution is 2.29. The zero-order valence-electron chi connectivity index (χ0n) is 12.6. The van der Waals surface area contributed by atoms with Gasteiger partial charge in [-0.15, -0.1) is 0 Å². The number of rotatable bonds is 4. The van der Waals surface area contributed by atoms with Crippen molar-refractivity contribution in [3.8, 4) is 0 Å². The first-order valence-electron chi connectivity index (χ1n) is 7.30. The van der Waals surface area contributed by atoms with Crippen molar-refractivity contribution >= 4 is 23.4 Å². The van der Waals surface area contributed by atoms with Crippen molar-refractivity contribution in [2.75, 3.05) is 6.54 Å². The van der Waals surface area contributed by atoms with Gasteiger partial charge in [0.2, 0.25) is 11.8 Å². The Balaban J connectivity index is 2.27. The van der Waals surface area contributed by atoms with Gasteiger partial charge in [-0.05, 0) is 24.5 Å². The Morgan fingerprint density at radius 1 is 1.33 bits per heavy atom. The molecule has 1 saturated heterocycles. The Kier molecular flexibility index (Phi) is 4.88. The molecule has 1 aliphatic heterocycles. The highest BCUT2D eigenvalue weighted by atomic mass is 35.5. The topological polar surface area (TPSA) is 49.4 Å². The first-order valence-corrected chi connectivity index (χ1v) is 7.67. The van der Waals surface area contributed by atoms with Crippen molar-refractivity contribution < 1.29 is 9.59 Å². The summed E-state index contributed by atoms with van der Waals surface area (Å²) in [5.41, 5.74) is 0.866. The van der Waals surface area contributed by atoms with Crippen LogP contribution in [0.15, 0.2) is 24.3 Å². The minimum Gasteiger partial charge on any atom is -0.342 e. The Labute approximate surface area is 130 Å². The van der Waals surface area contributed by atoms with E-state index < -0.39 is 6.04 Å². The van der Waals surface area contributed by atoms with Crippen LogP contribution in [0.3, 0.4) is 0 Å². The van der Waals surface area contributed by atoms with Crippen LogP contribution < -0.4 is 5.32 Å². The number of carbonyl (C=O) groups excluding carboxylic acids is 2. The summed E-state index contributed by atoms with van der Waals surface area (Å²) in [6.07, 6.45) is 0.838. The molecule has 2 amide bonds. The molecule has 1 fully saturated rings. The molecule has 0 radical (unpaired) electrons. The number of hydrogen-bond donors (Lipinski definition) is 1. The predicted molar refractivity (Wildman–Crippen MR) is 83.0 cm³/mol. The van der Waals surface area contributed by atoms with Crippen molar-refractivity contribution in [3.63, 3.8) is 0 Å². The fourth-order valence-corrected chi connectivity index (χ4v) is 2.92. The van der Waals surface area contributed by atoms with E-state index in [4.69, 9.17) is 11.6 Å². The van der Waals surface area contributed by atoms with Gasteiger partial charge < -0.3 is 10.2 Å². The predicted octanol–water partition coefficient (Wildman–Crippen LogP) is 2.77. The molecule has 0 aliphatic carbocycles. The molecule has 1 heterocycles. The molecule has 0 aromatic heterocycles. The lowest BCUT2D eigenvalue weighted by Crippen LogP contribution is -2.60. The zero-order valence-corrected chi connectivity index (χ0v) is 13.4. The summed E-state index contributed by atoms with van der Waals surface area (Å²) in [7, 11) is 0. The maximum atomic E-state index is 12.7. The average molecular weight is 309 g/mol. The van der Waals surface area contributed by atoms with Crippen molar-refractivity contribution in [1.82, 2.24) is 10.2 Å². The standard InChI is InChI=1S/C16H21ClN2O2/c1-4-10(2)15-16(21)19(9-14(20)18-15)11(3)12-7-5-6-8-13(12)17/h5-8,10-11,15H,4,9H2,1-3H3,(H,18,20). The zero-order chi connectivity index (χ0) is 15.6. The Morgan fingerprint density at radius 2 is 2.00 bits per heavy atom. The summed E-state index contributed by atoms with van der Waals surface area (Å²) >= 11 is 6.21. The monoisotopic (exact) mass is 308 g/mol. The molecule has 21 heavy (non-hydrogen) atoms. The Hall–Kier alpha value is -1.55. The summed E-state index contributed by atoms with van der Waals surface area (Å²) in [4.78, 5) is 26.2. The van der Waals surface area contributed by atoms with E-state index in [9.17, 15) is 9.59 Å². The molecule has 1 aliphatic rings. The molecule has 114 valence electrons. The van der Waals surface area contributed by atoms with Crippen LogP contribution in [0.4, 0.5) is 0 Å². The summed E-state index contributed by atoms with van der Waals surface area (Å²) < 4.78 is 0. The van der Waals surface area contributed by atoms with Gasteiger partial charge in [-0.1, -0.05) is 50.1 Å². The minimum atomic E-state index is -0.443. The van der Waals surface area contributed by atoms with E-state index >= 15 is 0 Å². The van der Waals surface area contributed by atoms with Crippen molar-refractivity contribution in [3.05, 3.63) is 34.9 Å². The van der Waals surface area contributed by atoms with Gasteiger partial charge in [0.1, 0.15) is 12.6 Å².